The minimum atomic E-state index is -0.105. The molecule has 0 bridgehead atoms. The van der Waals surface area contributed by atoms with Crippen LogP contribution in [0.25, 0.3) is 0 Å². The first-order valence-electron chi connectivity index (χ1n) is 9.33. The van der Waals surface area contributed by atoms with E-state index in [0.29, 0.717) is 0 Å². The SMILES string of the molecule is CN1/C(=C(\Br)C2=[N+](C)c3ccc(Br)cc3C2(C)C)C(C)(C)c2cc(Br)ccc21. The highest BCUT2D eigenvalue weighted by molar-refractivity contribution is 9.12. The summed E-state index contributed by atoms with van der Waals surface area (Å²) in [6, 6.07) is 13.1. The molecule has 2 nitrogen and oxygen atoms in total. The van der Waals surface area contributed by atoms with Gasteiger partial charge in [-0.15, -0.1) is 0 Å². The van der Waals surface area contributed by atoms with Gasteiger partial charge in [-0.1, -0.05) is 45.7 Å². The Balaban J connectivity index is 1.96. The summed E-state index contributed by atoms with van der Waals surface area (Å²) in [4.78, 5) is 2.34. The predicted molar refractivity (Wildman–Crippen MR) is 130 cm³/mol. The van der Waals surface area contributed by atoms with Crippen molar-refractivity contribution in [3.63, 3.8) is 0 Å². The van der Waals surface area contributed by atoms with Crippen LogP contribution in [0, 0.1) is 0 Å². The van der Waals surface area contributed by atoms with E-state index in [-0.39, 0.29) is 10.8 Å². The number of likely N-dealkylation sites (N-methyl/N-ethyl adjacent to an activating group) is 1. The number of rotatable bonds is 1. The number of benzene rings is 2. The fraction of sp³-hybridized carbons (Fsp3) is 0.348. The minimum Gasteiger partial charge on any atom is -0.346 e. The van der Waals surface area contributed by atoms with Gasteiger partial charge < -0.3 is 4.90 Å². The van der Waals surface area contributed by atoms with E-state index >= 15 is 0 Å². The second kappa shape index (κ2) is 6.55. The lowest BCUT2D eigenvalue weighted by molar-refractivity contribution is -0.401. The molecule has 146 valence electrons. The Labute approximate surface area is 192 Å². The standard InChI is InChI=1S/C23H24Br3N2/c1-22(2)15-11-13(24)7-9-17(15)27(5)20(22)19(26)21-23(3,4)16-12-14(25)8-10-18(16)28(21)6/h7-12H,1-6H3/q+1. The Morgan fingerprint density at radius 1 is 0.893 bits per heavy atom. The number of fused-ring (bicyclic) bond motifs is 2. The van der Waals surface area contributed by atoms with Gasteiger partial charge in [0.05, 0.1) is 5.41 Å². The van der Waals surface area contributed by atoms with Crippen molar-refractivity contribution in [1.82, 2.24) is 0 Å². The fourth-order valence-electron chi connectivity index (χ4n) is 4.89. The maximum atomic E-state index is 4.05. The van der Waals surface area contributed by atoms with Crippen molar-refractivity contribution in [2.75, 3.05) is 19.0 Å². The molecule has 2 aromatic carbocycles. The third-order valence-electron chi connectivity index (χ3n) is 6.26. The zero-order valence-electron chi connectivity index (χ0n) is 17.0. The first-order chi connectivity index (χ1) is 13.0. The lowest BCUT2D eigenvalue weighted by Crippen LogP contribution is -2.33. The molecule has 4 rings (SSSR count). The van der Waals surface area contributed by atoms with Crippen molar-refractivity contribution in [1.29, 1.82) is 0 Å². The summed E-state index contributed by atoms with van der Waals surface area (Å²) in [5.74, 6) is 0. The van der Waals surface area contributed by atoms with Crippen LogP contribution in [-0.2, 0) is 10.8 Å². The van der Waals surface area contributed by atoms with Gasteiger partial charge in [-0.05, 0) is 65.7 Å². The number of nitrogens with zero attached hydrogens (tertiary/aromatic N) is 2. The summed E-state index contributed by atoms with van der Waals surface area (Å²) in [7, 11) is 4.34. The Bertz CT molecular complexity index is 1080. The molecule has 0 aromatic heterocycles. The maximum absolute atomic E-state index is 4.05. The molecule has 0 atom stereocenters. The van der Waals surface area contributed by atoms with Gasteiger partial charge in [0.15, 0.2) is 0 Å². The van der Waals surface area contributed by atoms with Gasteiger partial charge >= 0.3 is 0 Å². The molecule has 5 heteroatoms. The summed E-state index contributed by atoms with van der Waals surface area (Å²) in [5, 5.41) is 0. The molecular weight excluding hydrogens is 544 g/mol. The van der Waals surface area contributed by atoms with Crippen LogP contribution < -0.4 is 4.90 Å². The van der Waals surface area contributed by atoms with Gasteiger partial charge in [-0.2, -0.15) is 4.58 Å². The van der Waals surface area contributed by atoms with Crippen LogP contribution in [0.2, 0.25) is 0 Å². The number of hydrogen-bond donors (Lipinski definition) is 0. The van der Waals surface area contributed by atoms with Gasteiger partial charge in [0, 0.05) is 44.4 Å². The van der Waals surface area contributed by atoms with Crippen molar-refractivity contribution in [2.45, 2.75) is 38.5 Å². The molecule has 0 spiro atoms. The molecule has 2 aromatic rings. The van der Waals surface area contributed by atoms with Gasteiger partial charge in [0.25, 0.3) is 0 Å². The zero-order chi connectivity index (χ0) is 20.6. The fourth-order valence-corrected chi connectivity index (χ4v) is 7.14. The highest BCUT2D eigenvalue weighted by Crippen LogP contribution is 2.52. The smallest absolute Gasteiger partial charge is 0.209 e. The summed E-state index contributed by atoms with van der Waals surface area (Å²) >= 11 is 11.4. The molecule has 0 unspecified atom stereocenters. The van der Waals surface area contributed by atoms with Crippen LogP contribution in [0.1, 0.15) is 38.8 Å². The molecule has 0 saturated heterocycles. The minimum absolute atomic E-state index is 0.105. The average Bonchev–Trinajstić information content (AvgIpc) is 2.92. The topological polar surface area (TPSA) is 6.25 Å². The van der Waals surface area contributed by atoms with Crippen molar-refractivity contribution in [3.05, 3.63) is 66.6 Å². The van der Waals surface area contributed by atoms with Crippen LogP contribution in [0.4, 0.5) is 11.4 Å². The van der Waals surface area contributed by atoms with E-state index in [2.05, 4.69) is 135 Å². The molecule has 0 radical (unpaired) electrons. The molecule has 2 aliphatic heterocycles. The van der Waals surface area contributed by atoms with E-state index < -0.39 is 0 Å². The Morgan fingerprint density at radius 3 is 2.11 bits per heavy atom. The lowest BCUT2D eigenvalue weighted by atomic mass is 9.78. The van der Waals surface area contributed by atoms with Gasteiger partial charge in [-0.25, -0.2) is 0 Å². The van der Waals surface area contributed by atoms with Gasteiger partial charge in [0.1, 0.15) is 11.5 Å². The molecule has 28 heavy (non-hydrogen) atoms. The predicted octanol–water partition coefficient (Wildman–Crippen LogP) is 7.25. The summed E-state index contributed by atoms with van der Waals surface area (Å²) in [5.41, 5.74) is 7.59. The van der Waals surface area contributed by atoms with Crippen molar-refractivity contribution < 1.29 is 4.58 Å². The van der Waals surface area contributed by atoms with Crippen LogP contribution in [0.3, 0.4) is 0 Å². The maximum Gasteiger partial charge on any atom is 0.209 e. The van der Waals surface area contributed by atoms with Crippen LogP contribution in [0.15, 0.2) is 55.5 Å². The van der Waals surface area contributed by atoms with Crippen molar-refractivity contribution in [3.8, 4) is 0 Å². The Hall–Kier alpha value is -0.910. The van der Waals surface area contributed by atoms with E-state index in [1.165, 1.54) is 38.4 Å². The summed E-state index contributed by atoms with van der Waals surface area (Å²) in [6.45, 7) is 9.24. The number of allylic oxidation sites excluding steroid dienone is 2. The van der Waals surface area contributed by atoms with Crippen LogP contribution >= 0.6 is 47.8 Å². The van der Waals surface area contributed by atoms with Crippen molar-refractivity contribution >= 4 is 64.9 Å². The van der Waals surface area contributed by atoms with E-state index in [1.54, 1.807) is 0 Å². The second-order valence-corrected chi connectivity index (χ2v) is 11.3. The largest absolute Gasteiger partial charge is 0.346 e. The summed E-state index contributed by atoms with van der Waals surface area (Å²) in [6.07, 6.45) is 0. The monoisotopic (exact) mass is 565 g/mol. The van der Waals surface area contributed by atoms with E-state index in [1.807, 2.05) is 0 Å². The zero-order valence-corrected chi connectivity index (χ0v) is 21.8. The average molecular weight is 568 g/mol. The molecule has 2 aliphatic rings. The van der Waals surface area contributed by atoms with Gasteiger partial charge in [-0.3, -0.25) is 0 Å². The second-order valence-electron chi connectivity index (χ2n) is 8.70. The molecule has 0 N–H and O–H groups in total. The van der Waals surface area contributed by atoms with Gasteiger partial charge in [0.2, 0.25) is 11.4 Å². The molecule has 0 amide bonds. The Morgan fingerprint density at radius 2 is 1.46 bits per heavy atom. The molecule has 2 heterocycles. The molecular formula is C23H24Br3N2+. The Kier molecular flexibility index (Phi) is 4.76. The number of hydrogen-bond acceptors (Lipinski definition) is 1. The highest BCUT2D eigenvalue weighted by Gasteiger charge is 2.50. The molecule has 0 aliphatic carbocycles. The highest BCUT2D eigenvalue weighted by atomic mass is 79.9. The molecule has 0 fully saturated rings. The number of anilines is 1. The lowest BCUT2D eigenvalue weighted by Gasteiger charge is -2.27. The van der Waals surface area contributed by atoms with Crippen LogP contribution in [0.5, 0.6) is 0 Å². The van der Waals surface area contributed by atoms with E-state index in [4.69, 9.17) is 0 Å². The quantitative estimate of drug-likeness (QED) is 0.329. The third-order valence-corrected chi connectivity index (χ3v) is 7.99. The third kappa shape index (κ3) is 2.73. The van der Waals surface area contributed by atoms with E-state index in [0.717, 1.165) is 8.95 Å². The normalized spacial score (nSPS) is 21.1. The first-order valence-corrected chi connectivity index (χ1v) is 11.7. The summed E-state index contributed by atoms with van der Waals surface area (Å²) < 4.78 is 5.75. The van der Waals surface area contributed by atoms with Crippen molar-refractivity contribution in [2.24, 2.45) is 0 Å². The van der Waals surface area contributed by atoms with Crippen LogP contribution in [-0.4, -0.2) is 24.4 Å². The van der Waals surface area contributed by atoms with E-state index in [9.17, 15) is 0 Å². The molecule has 0 saturated carbocycles. The number of halogens is 3. The first kappa shape index (κ1) is 20.4.